The van der Waals surface area contributed by atoms with Crippen LogP contribution in [0.2, 0.25) is 5.02 Å². The molecule has 2 rings (SSSR count). The van der Waals surface area contributed by atoms with Crippen LogP contribution in [0.3, 0.4) is 0 Å². The predicted molar refractivity (Wildman–Crippen MR) is 92.2 cm³/mol. The zero-order chi connectivity index (χ0) is 17.6. The molecule has 1 amide bonds. The van der Waals surface area contributed by atoms with Crippen LogP contribution in [0.15, 0.2) is 53.6 Å². The number of hydrogen-bond donors (Lipinski definition) is 2. The fourth-order valence-corrected chi connectivity index (χ4v) is 3.31. The summed E-state index contributed by atoms with van der Waals surface area (Å²) >= 11 is 5.74. The first-order valence-corrected chi connectivity index (χ1v) is 9.20. The van der Waals surface area contributed by atoms with Crippen molar-refractivity contribution in [3.63, 3.8) is 0 Å². The number of carbonyl (C=O) groups excluding carboxylic acids is 1. The van der Waals surface area contributed by atoms with Gasteiger partial charge in [0.1, 0.15) is 0 Å². The molecule has 2 N–H and O–H groups in total. The van der Waals surface area contributed by atoms with Crippen molar-refractivity contribution >= 4 is 27.5 Å². The largest absolute Gasteiger partial charge is 0.354 e. The average molecular weight is 368 g/mol. The first-order chi connectivity index (χ1) is 11.4. The van der Waals surface area contributed by atoms with Crippen LogP contribution in [0.25, 0.3) is 0 Å². The molecule has 1 aromatic carbocycles. The van der Waals surface area contributed by atoms with Gasteiger partial charge in [0, 0.05) is 29.9 Å². The lowest BCUT2D eigenvalue weighted by Crippen LogP contribution is -2.45. The Balaban J connectivity index is 1.87. The molecular formula is C16H18ClN3O3S. The fraction of sp³-hybridized carbons (Fsp3) is 0.250. The van der Waals surface area contributed by atoms with Gasteiger partial charge in [-0.2, -0.15) is 4.72 Å². The second-order valence-electron chi connectivity index (χ2n) is 5.16. The predicted octanol–water partition coefficient (Wildman–Crippen LogP) is 1.76. The Kier molecular flexibility index (Phi) is 6.30. The first kappa shape index (κ1) is 18.4. The van der Waals surface area contributed by atoms with Crippen molar-refractivity contribution in [2.24, 2.45) is 0 Å². The van der Waals surface area contributed by atoms with Crippen LogP contribution < -0.4 is 10.0 Å². The van der Waals surface area contributed by atoms with Gasteiger partial charge in [-0.25, -0.2) is 8.42 Å². The van der Waals surface area contributed by atoms with E-state index in [2.05, 4.69) is 15.0 Å². The van der Waals surface area contributed by atoms with Gasteiger partial charge in [-0.15, -0.1) is 0 Å². The number of nitrogens with zero attached hydrogens (tertiary/aromatic N) is 1. The van der Waals surface area contributed by atoms with Gasteiger partial charge in [0.2, 0.25) is 15.9 Å². The van der Waals surface area contributed by atoms with Crippen LogP contribution in [0.4, 0.5) is 0 Å². The van der Waals surface area contributed by atoms with Crippen molar-refractivity contribution in [3.8, 4) is 0 Å². The molecule has 0 saturated carbocycles. The maximum Gasteiger partial charge on any atom is 0.241 e. The summed E-state index contributed by atoms with van der Waals surface area (Å²) in [5.74, 6) is -0.400. The van der Waals surface area contributed by atoms with E-state index in [0.717, 1.165) is 5.69 Å². The van der Waals surface area contributed by atoms with E-state index < -0.39 is 22.0 Å². The highest BCUT2D eigenvalue weighted by Gasteiger charge is 2.21. The molecule has 128 valence electrons. The van der Waals surface area contributed by atoms with E-state index in [1.165, 1.54) is 31.2 Å². The Bertz CT molecular complexity index is 780. The van der Waals surface area contributed by atoms with Crippen molar-refractivity contribution in [2.45, 2.75) is 24.3 Å². The normalized spacial score (nSPS) is 12.6. The lowest BCUT2D eigenvalue weighted by molar-refractivity contribution is -0.122. The second-order valence-corrected chi connectivity index (χ2v) is 7.31. The van der Waals surface area contributed by atoms with Gasteiger partial charge in [0.15, 0.2) is 0 Å². The summed E-state index contributed by atoms with van der Waals surface area (Å²) in [5, 5.41) is 3.13. The maximum absolute atomic E-state index is 12.2. The molecule has 6 nitrogen and oxygen atoms in total. The molecule has 1 aromatic heterocycles. The summed E-state index contributed by atoms with van der Waals surface area (Å²) in [6.07, 6.45) is 2.25. The molecule has 24 heavy (non-hydrogen) atoms. The van der Waals surface area contributed by atoms with Crippen LogP contribution in [0, 0.1) is 0 Å². The molecule has 0 spiro atoms. The van der Waals surface area contributed by atoms with Gasteiger partial charge >= 0.3 is 0 Å². The molecule has 2 aromatic rings. The van der Waals surface area contributed by atoms with Crippen LogP contribution in [-0.2, 0) is 21.2 Å². The second kappa shape index (κ2) is 8.23. The third-order valence-corrected chi connectivity index (χ3v) is 5.06. The monoisotopic (exact) mass is 367 g/mol. The third-order valence-electron chi connectivity index (χ3n) is 3.26. The lowest BCUT2D eigenvalue weighted by Gasteiger charge is -2.14. The Morgan fingerprint density at radius 2 is 1.92 bits per heavy atom. The molecule has 1 atom stereocenters. The van der Waals surface area contributed by atoms with Crippen LogP contribution >= 0.6 is 11.6 Å². The number of hydrogen-bond acceptors (Lipinski definition) is 4. The summed E-state index contributed by atoms with van der Waals surface area (Å²) in [5.41, 5.74) is 0.854. The Morgan fingerprint density at radius 1 is 1.21 bits per heavy atom. The van der Waals surface area contributed by atoms with Crippen LogP contribution in [0.1, 0.15) is 12.6 Å². The zero-order valence-electron chi connectivity index (χ0n) is 13.1. The molecule has 0 aliphatic carbocycles. The Labute approximate surface area is 146 Å². The van der Waals surface area contributed by atoms with E-state index in [1.807, 2.05) is 18.2 Å². The summed E-state index contributed by atoms with van der Waals surface area (Å²) in [7, 11) is -3.78. The van der Waals surface area contributed by atoms with E-state index >= 15 is 0 Å². The van der Waals surface area contributed by atoms with Crippen molar-refractivity contribution in [1.29, 1.82) is 0 Å². The minimum atomic E-state index is -3.78. The van der Waals surface area contributed by atoms with Crippen LogP contribution in [-0.4, -0.2) is 31.9 Å². The highest BCUT2D eigenvalue weighted by Crippen LogP contribution is 2.14. The molecule has 0 bridgehead atoms. The number of halogens is 1. The van der Waals surface area contributed by atoms with Crippen LogP contribution in [0.5, 0.6) is 0 Å². The minimum absolute atomic E-state index is 0.0556. The summed E-state index contributed by atoms with van der Waals surface area (Å²) < 4.78 is 26.8. The number of pyridine rings is 1. The Morgan fingerprint density at radius 3 is 2.54 bits per heavy atom. The number of sulfonamides is 1. The number of rotatable bonds is 7. The quantitative estimate of drug-likeness (QED) is 0.780. The molecular weight excluding hydrogens is 350 g/mol. The van der Waals surface area contributed by atoms with E-state index in [-0.39, 0.29) is 4.90 Å². The van der Waals surface area contributed by atoms with Crippen molar-refractivity contribution < 1.29 is 13.2 Å². The molecule has 0 fully saturated rings. The van der Waals surface area contributed by atoms with Crippen molar-refractivity contribution in [1.82, 2.24) is 15.0 Å². The molecule has 0 radical (unpaired) electrons. The smallest absolute Gasteiger partial charge is 0.241 e. The van der Waals surface area contributed by atoms with E-state index in [1.54, 1.807) is 6.20 Å². The number of benzene rings is 1. The van der Waals surface area contributed by atoms with Gasteiger partial charge in [0.25, 0.3) is 0 Å². The highest BCUT2D eigenvalue weighted by atomic mass is 35.5. The third kappa shape index (κ3) is 5.30. The highest BCUT2D eigenvalue weighted by molar-refractivity contribution is 7.89. The minimum Gasteiger partial charge on any atom is -0.354 e. The molecule has 1 unspecified atom stereocenters. The van der Waals surface area contributed by atoms with Gasteiger partial charge in [0.05, 0.1) is 10.9 Å². The zero-order valence-corrected chi connectivity index (χ0v) is 14.6. The van der Waals surface area contributed by atoms with Crippen molar-refractivity contribution in [2.75, 3.05) is 6.54 Å². The van der Waals surface area contributed by atoms with E-state index in [4.69, 9.17) is 11.6 Å². The summed E-state index contributed by atoms with van der Waals surface area (Å²) in [4.78, 5) is 16.2. The molecule has 0 saturated heterocycles. The lowest BCUT2D eigenvalue weighted by atomic mass is 10.2. The van der Waals surface area contributed by atoms with E-state index in [0.29, 0.717) is 18.0 Å². The molecule has 8 heteroatoms. The Hall–Kier alpha value is -1.96. The number of carbonyl (C=O) groups is 1. The number of nitrogens with one attached hydrogen (secondary N) is 2. The standard InChI is InChI=1S/C16H18ClN3O3S/c1-12(16(21)19-11-9-14-4-2-3-10-18-14)20-24(22,23)15-7-5-13(17)6-8-15/h2-8,10,12,20H,9,11H2,1H3,(H,19,21). The molecule has 0 aliphatic heterocycles. The van der Waals surface area contributed by atoms with Crippen molar-refractivity contribution in [3.05, 3.63) is 59.4 Å². The van der Waals surface area contributed by atoms with Gasteiger partial charge in [-0.1, -0.05) is 17.7 Å². The average Bonchev–Trinajstić information content (AvgIpc) is 2.55. The van der Waals surface area contributed by atoms with Gasteiger partial charge in [-0.05, 0) is 43.3 Å². The topological polar surface area (TPSA) is 88.2 Å². The molecule has 1 heterocycles. The SMILES string of the molecule is CC(NS(=O)(=O)c1ccc(Cl)cc1)C(=O)NCCc1ccccn1. The fourth-order valence-electron chi connectivity index (χ4n) is 1.98. The maximum atomic E-state index is 12.2. The van der Waals surface area contributed by atoms with E-state index in [9.17, 15) is 13.2 Å². The summed E-state index contributed by atoms with van der Waals surface area (Å²) in [6.45, 7) is 1.87. The first-order valence-electron chi connectivity index (χ1n) is 7.34. The number of amides is 1. The van der Waals surface area contributed by atoms with Gasteiger partial charge < -0.3 is 5.32 Å². The van der Waals surface area contributed by atoms with Gasteiger partial charge in [-0.3, -0.25) is 9.78 Å². The number of aromatic nitrogens is 1. The molecule has 0 aliphatic rings. The summed E-state index contributed by atoms with van der Waals surface area (Å²) in [6, 6.07) is 10.4.